The maximum absolute atomic E-state index is 11.9. The Morgan fingerprint density at radius 3 is 2.48 bits per heavy atom. The van der Waals surface area contributed by atoms with Gasteiger partial charge in [0.2, 0.25) is 0 Å². The molecule has 0 bridgehead atoms. The van der Waals surface area contributed by atoms with Crippen LogP contribution in [0.4, 0.5) is 0 Å². The van der Waals surface area contributed by atoms with E-state index in [0.717, 1.165) is 54.9 Å². The van der Waals surface area contributed by atoms with Gasteiger partial charge in [-0.1, -0.05) is 32.6 Å². The summed E-state index contributed by atoms with van der Waals surface area (Å²) < 4.78 is 11.1. The molecule has 0 saturated heterocycles. The fourth-order valence-electron chi connectivity index (χ4n) is 4.04. The van der Waals surface area contributed by atoms with Crippen molar-refractivity contribution >= 4 is 17.7 Å². The van der Waals surface area contributed by atoms with Gasteiger partial charge in [0.1, 0.15) is 5.75 Å². The van der Waals surface area contributed by atoms with Crippen molar-refractivity contribution in [1.29, 1.82) is 0 Å². The van der Waals surface area contributed by atoms with Crippen molar-refractivity contribution in [3.8, 4) is 17.6 Å². The summed E-state index contributed by atoms with van der Waals surface area (Å²) in [5.41, 5.74) is 3.95. The topological polar surface area (TPSA) is 35.5 Å². The van der Waals surface area contributed by atoms with Gasteiger partial charge in [-0.15, -0.1) is 11.8 Å². The minimum absolute atomic E-state index is 0.166. The number of hydrogen-bond acceptors (Lipinski definition) is 4. The van der Waals surface area contributed by atoms with Gasteiger partial charge < -0.3 is 9.47 Å². The molecule has 4 heteroatoms. The number of hydrogen-bond donors (Lipinski definition) is 0. The highest BCUT2D eigenvalue weighted by molar-refractivity contribution is 7.99. The highest BCUT2D eigenvalue weighted by atomic mass is 32.2. The van der Waals surface area contributed by atoms with Gasteiger partial charge in [0.15, 0.2) is 0 Å². The Hall–Kier alpha value is -2.38. The van der Waals surface area contributed by atoms with Crippen LogP contribution in [0.15, 0.2) is 41.3 Å². The number of carbonyl (C=O) groups excluding carboxylic acids is 1. The van der Waals surface area contributed by atoms with E-state index in [1.807, 2.05) is 23.9 Å². The van der Waals surface area contributed by atoms with E-state index in [1.54, 1.807) is 19.1 Å². The number of rotatable bonds is 7. The number of thioether (sulfide) groups is 1. The summed E-state index contributed by atoms with van der Waals surface area (Å²) in [7, 11) is 0. The summed E-state index contributed by atoms with van der Waals surface area (Å²) in [6.07, 6.45) is 4.36. The van der Waals surface area contributed by atoms with Crippen molar-refractivity contribution in [2.75, 3.05) is 19.0 Å². The van der Waals surface area contributed by atoms with Crippen LogP contribution in [-0.2, 0) is 10.2 Å². The smallest absolute Gasteiger partial charge is 0.338 e. The third-order valence-corrected chi connectivity index (χ3v) is 7.31. The maximum atomic E-state index is 11.9. The van der Waals surface area contributed by atoms with E-state index in [0.29, 0.717) is 12.2 Å². The summed E-state index contributed by atoms with van der Waals surface area (Å²) >= 11 is 1.84. The molecule has 0 saturated carbocycles. The first-order valence-corrected chi connectivity index (χ1v) is 12.3. The highest BCUT2D eigenvalue weighted by Crippen LogP contribution is 2.45. The zero-order valence-corrected chi connectivity index (χ0v) is 19.9. The number of benzene rings is 2. The van der Waals surface area contributed by atoms with Crippen LogP contribution >= 0.6 is 11.8 Å². The molecule has 0 atom stereocenters. The van der Waals surface area contributed by atoms with Gasteiger partial charge in [-0.25, -0.2) is 4.79 Å². The standard InChI is InChI=1S/C27H32O3S/c1-5-17-31-25-19-24-23(27(6-2,7-3)15-16-30-24)18-22(25)14-11-20-9-12-21(13-10-20)26(28)29-8-4/h9-10,12-13,18-19H,5-8,15-17H2,1-4H3. The summed E-state index contributed by atoms with van der Waals surface area (Å²) in [5, 5.41) is 0. The van der Waals surface area contributed by atoms with Crippen molar-refractivity contribution in [2.24, 2.45) is 0 Å². The second-order valence-corrected chi connectivity index (χ2v) is 8.96. The SMILES string of the molecule is CCCSc1cc2c(cc1C#Cc1ccc(C(=O)OCC)cc1)C(CC)(CC)CCO2. The molecule has 0 aliphatic carbocycles. The van der Waals surface area contributed by atoms with Crippen LogP contribution in [-0.4, -0.2) is 24.9 Å². The van der Waals surface area contributed by atoms with Crippen LogP contribution in [0.1, 0.15) is 80.4 Å². The first kappa shape index (κ1) is 23.3. The molecule has 0 N–H and O–H groups in total. The second kappa shape index (κ2) is 10.8. The minimum atomic E-state index is -0.301. The van der Waals surface area contributed by atoms with E-state index in [1.165, 1.54) is 10.5 Å². The predicted molar refractivity (Wildman–Crippen MR) is 128 cm³/mol. The van der Waals surface area contributed by atoms with Crippen LogP contribution in [0.3, 0.4) is 0 Å². The fourth-order valence-corrected chi connectivity index (χ4v) is 4.92. The number of carbonyl (C=O) groups is 1. The average molecular weight is 437 g/mol. The van der Waals surface area contributed by atoms with E-state index in [9.17, 15) is 4.79 Å². The van der Waals surface area contributed by atoms with Gasteiger partial charge in [-0.3, -0.25) is 0 Å². The second-order valence-electron chi connectivity index (χ2n) is 7.83. The molecule has 0 spiro atoms. The third-order valence-electron chi connectivity index (χ3n) is 6.04. The van der Waals surface area contributed by atoms with Gasteiger partial charge in [-0.05, 0) is 74.8 Å². The minimum Gasteiger partial charge on any atom is -0.493 e. The predicted octanol–water partition coefficient (Wildman–Crippen LogP) is 6.61. The molecule has 31 heavy (non-hydrogen) atoms. The Balaban J connectivity index is 1.97. The highest BCUT2D eigenvalue weighted by Gasteiger charge is 2.35. The quantitative estimate of drug-likeness (QED) is 0.278. The van der Waals surface area contributed by atoms with Crippen molar-refractivity contribution < 1.29 is 14.3 Å². The lowest BCUT2D eigenvalue weighted by Crippen LogP contribution is -2.32. The molecule has 0 radical (unpaired) electrons. The Labute approximate surface area is 190 Å². The van der Waals surface area contributed by atoms with Crippen molar-refractivity contribution in [3.63, 3.8) is 0 Å². The molecule has 2 aromatic rings. The van der Waals surface area contributed by atoms with E-state index in [2.05, 4.69) is 44.7 Å². The molecule has 1 aliphatic rings. The van der Waals surface area contributed by atoms with Gasteiger partial charge >= 0.3 is 5.97 Å². The van der Waals surface area contributed by atoms with Gasteiger partial charge in [0.05, 0.1) is 18.8 Å². The van der Waals surface area contributed by atoms with Gasteiger partial charge in [-0.2, -0.15) is 0 Å². The summed E-state index contributed by atoms with van der Waals surface area (Å²) in [5.74, 6) is 8.47. The molecular formula is C27H32O3S. The largest absolute Gasteiger partial charge is 0.493 e. The average Bonchev–Trinajstić information content (AvgIpc) is 2.81. The van der Waals surface area contributed by atoms with Gasteiger partial charge in [0, 0.05) is 27.0 Å². The zero-order chi connectivity index (χ0) is 22.3. The molecule has 0 amide bonds. The van der Waals surface area contributed by atoms with Crippen LogP contribution in [0.25, 0.3) is 0 Å². The van der Waals surface area contributed by atoms with E-state index >= 15 is 0 Å². The lowest BCUT2D eigenvalue weighted by molar-refractivity contribution is 0.0526. The molecule has 2 aromatic carbocycles. The molecule has 1 heterocycles. The first-order chi connectivity index (χ1) is 15.1. The number of ether oxygens (including phenoxy) is 2. The lowest BCUT2D eigenvalue weighted by Gasteiger charge is -2.38. The third kappa shape index (κ3) is 5.28. The number of esters is 1. The number of fused-ring (bicyclic) bond motifs is 1. The lowest BCUT2D eigenvalue weighted by atomic mass is 9.71. The Bertz CT molecular complexity index is 962. The maximum Gasteiger partial charge on any atom is 0.338 e. The molecule has 0 fully saturated rings. The van der Waals surface area contributed by atoms with Crippen LogP contribution in [0.5, 0.6) is 5.75 Å². The molecule has 164 valence electrons. The Kier molecular flexibility index (Phi) is 8.09. The van der Waals surface area contributed by atoms with Crippen LogP contribution in [0.2, 0.25) is 0 Å². The summed E-state index contributed by atoms with van der Waals surface area (Å²) in [6, 6.07) is 11.8. The van der Waals surface area contributed by atoms with Crippen molar-refractivity contribution in [1.82, 2.24) is 0 Å². The monoisotopic (exact) mass is 436 g/mol. The van der Waals surface area contributed by atoms with Gasteiger partial charge in [0.25, 0.3) is 0 Å². The van der Waals surface area contributed by atoms with Crippen molar-refractivity contribution in [3.05, 3.63) is 58.7 Å². The summed E-state index contributed by atoms with van der Waals surface area (Å²) in [4.78, 5) is 13.0. The molecular weight excluding hydrogens is 404 g/mol. The molecule has 1 aliphatic heterocycles. The molecule has 3 rings (SSSR count). The fraction of sp³-hybridized carbons (Fsp3) is 0.444. The van der Waals surface area contributed by atoms with Crippen LogP contribution < -0.4 is 4.74 Å². The van der Waals surface area contributed by atoms with E-state index in [4.69, 9.17) is 9.47 Å². The zero-order valence-electron chi connectivity index (χ0n) is 19.0. The molecule has 0 unspecified atom stereocenters. The normalized spacial score (nSPS) is 14.1. The van der Waals surface area contributed by atoms with E-state index < -0.39 is 0 Å². The molecule has 3 nitrogen and oxygen atoms in total. The molecule has 0 aromatic heterocycles. The van der Waals surface area contributed by atoms with E-state index in [-0.39, 0.29) is 11.4 Å². The first-order valence-electron chi connectivity index (χ1n) is 11.3. The summed E-state index contributed by atoms with van der Waals surface area (Å²) in [6.45, 7) is 9.70. The Morgan fingerprint density at radius 1 is 1.10 bits per heavy atom. The van der Waals surface area contributed by atoms with Crippen molar-refractivity contribution in [2.45, 2.75) is 63.7 Å². The Morgan fingerprint density at radius 2 is 1.84 bits per heavy atom. The van der Waals surface area contributed by atoms with Crippen LogP contribution in [0, 0.1) is 11.8 Å².